The van der Waals surface area contributed by atoms with Crippen molar-refractivity contribution < 1.29 is 27.5 Å². The number of alkyl halides is 3. The fourth-order valence-corrected chi connectivity index (χ4v) is 3.50. The zero-order valence-electron chi connectivity index (χ0n) is 16.6. The number of halogens is 3. The molecule has 0 spiro atoms. The fraction of sp³-hybridized carbons (Fsp3) is 0.217. The Balaban J connectivity index is 1.99. The van der Waals surface area contributed by atoms with Gasteiger partial charge in [0, 0.05) is 17.8 Å². The van der Waals surface area contributed by atoms with Gasteiger partial charge in [0.25, 0.3) is 0 Å². The lowest BCUT2D eigenvalue weighted by molar-refractivity contribution is -0.138. The highest BCUT2D eigenvalue weighted by Gasteiger charge is 2.38. The van der Waals surface area contributed by atoms with Gasteiger partial charge in [0.2, 0.25) is 0 Å². The number of nitriles is 1. The average Bonchev–Trinajstić information content (AvgIpc) is 2.72. The van der Waals surface area contributed by atoms with Crippen molar-refractivity contribution in [3.05, 3.63) is 77.0 Å². The van der Waals surface area contributed by atoms with E-state index < -0.39 is 29.5 Å². The molecular formula is C23H17F3N2O3. The maximum atomic E-state index is 13.0. The quantitative estimate of drug-likeness (QED) is 0.518. The van der Waals surface area contributed by atoms with Crippen molar-refractivity contribution in [3.8, 4) is 11.8 Å². The zero-order valence-corrected chi connectivity index (χ0v) is 16.6. The summed E-state index contributed by atoms with van der Waals surface area (Å²) in [5.74, 6) is -2.91. The van der Waals surface area contributed by atoms with Gasteiger partial charge >= 0.3 is 12.1 Å². The van der Waals surface area contributed by atoms with E-state index in [1.165, 1.54) is 19.2 Å². The maximum Gasteiger partial charge on any atom is 0.416 e. The third-order valence-electron chi connectivity index (χ3n) is 4.97. The third kappa shape index (κ3) is 4.72. The van der Waals surface area contributed by atoms with Crippen LogP contribution < -0.4 is 4.74 Å². The molecule has 0 fully saturated rings. The van der Waals surface area contributed by atoms with E-state index >= 15 is 0 Å². The normalized spacial score (nSPS) is 18.5. The van der Waals surface area contributed by atoms with Gasteiger partial charge in [-0.05, 0) is 49.7 Å². The van der Waals surface area contributed by atoms with Gasteiger partial charge in [-0.15, -0.1) is 0 Å². The molecule has 0 bridgehead atoms. The molecule has 0 radical (unpaired) electrons. The number of ketones is 1. The number of carbonyl (C=O) groups is 2. The van der Waals surface area contributed by atoms with E-state index in [1.54, 1.807) is 31.2 Å². The second-order valence-electron chi connectivity index (χ2n) is 7.07. The van der Waals surface area contributed by atoms with E-state index in [4.69, 9.17) is 10.00 Å². The number of carbonyl (C=O) groups excluding carboxylic acids is 2. The molecule has 0 amide bonds. The number of Topliss-reactive ketones (excluding diaryl/α,β-unsaturated/α-hetero) is 1. The maximum absolute atomic E-state index is 13.0. The van der Waals surface area contributed by atoms with Gasteiger partial charge in [0.05, 0.1) is 28.7 Å². The smallest absolute Gasteiger partial charge is 0.416 e. The van der Waals surface area contributed by atoms with Crippen LogP contribution in [0.25, 0.3) is 0 Å². The van der Waals surface area contributed by atoms with Crippen molar-refractivity contribution in [2.24, 2.45) is 10.9 Å². The number of ether oxygens (including phenoxy) is 1. The molecule has 0 aromatic heterocycles. The van der Waals surface area contributed by atoms with Crippen molar-refractivity contribution in [3.63, 3.8) is 0 Å². The van der Waals surface area contributed by atoms with Crippen LogP contribution in [0.2, 0.25) is 0 Å². The second kappa shape index (κ2) is 8.56. The van der Waals surface area contributed by atoms with E-state index in [0.717, 1.165) is 18.2 Å². The first-order valence-electron chi connectivity index (χ1n) is 9.26. The molecule has 0 saturated heterocycles. The summed E-state index contributed by atoms with van der Waals surface area (Å²) >= 11 is 0. The van der Waals surface area contributed by atoms with Gasteiger partial charge in [-0.2, -0.15) is 18.4 Å². The van der Waals surface area contributed by atoms with Gasteiger partial charge < -0.3 is 4.74 Å². The van der Waals surface area contributed by atoms with Gasteiger partial charge in [0.1, 0.15) is 11.5 Å². The topological polar surface area (TPSA) is 79.5 Å². The number of esters is 1. The molecular weight excluding hydrogens is 409 g/mol. The van der Waals surface area contributed by atoms with Crippen LogP contribution in [-0.2, 0) is 15.8 Å². The van der Waals surface area contributed by atoms with Crippen LogP contribution in [0, 0.1) is 17.2 Å². The highest BCUT2D eigenvalue weighted by Crippen LogP contribution is 2.38. The van der Waals surface area contributed by atoms with E-state index in [-0.39, 0.29) is 17.1 Å². The minimum atomic E-state index is -4.58. The molecule has 1 aliphatic rings. The molecule has 0 N–H and O–H groups in total. The predicted molar refractivity (Wildman–Crippen MR) is 106 cm³/mol. The van der Waals surface area contributed by atoms with Crippen molar-refractivity contribution in [2.45, 2.75) is 25.9 Å². The Labute approximate surface area is 176 Å². The summed E-state index contributed by atoms with van der Waals surface area (Å²) in [6.45, 7) is 3.04. The average molecular weight is 426 g/mol. The first-order chi connectivity index (χ1) is 14.6. The Kier molecular flexibility index (Phi) is 6.07. The van der Waals surface area contributed by atoms with Crippen LogP contribution in [-0.4, -0.2) is 17.5 Å². The Morgan fingerprint density at radius 1 is 1.13 bits per heavy atom. The first kappa shape index (κ1) is 22.0. The Morgan fingerprint density at radius 2 is 1.81 bits per heavy atom. The lowest BCUT2D eigenvalue weighted by Gasteiger charge is -2.29. The van der Waals surface area contributed by atoms with E-state index in [2.05, 4.69) is 4.99 Å². The van der Waals surface area contributed by atoms with Crippen LogP contribution in [0.5, 0.6) is 5.75 Å². The minimum Gasteiger partial charge on any atom is -0.423 e. The number of rotatable bonds is 4. The molecule has 2 aromatic rings. The predicted octanol–water partition coefficient (Wildman–Crippen LogP) is 4.83. The van der Waals surface area contributed by atoms with Crippen LogP contribution in [0.4, 0.5) is 13.2 Å². The van der Waals surface area contributed by atoms with Crippen LogP contribution in [0.3, 0.4) is 0 Å². The van der Waals surface area contributed by atoms with Gasteiger partial charge in [-0.1, -0.05) is 18.2 Å². The molecule has 158 valence electrons. The SMILES string of the molecule is CC(=O)C1C(C)=NC=C(C(=O)Oc2cccc(C(F)(F)F)c2)C1c1ccc(C#N)cc1. The lowest BCUT2D eigenvalue weighted by Crippen LogP contribution is -2.33. The molecule has 2 unspecified atom stereocenters. The highest BCUT2D eigenvalue weighted by atomic mass is 19.4. The zero-order chi connectivity index (χ0) is 22.8. The van der Waals surface area contributed by atoms with Gasteiger partial charge in [-0.25, -0.2) is 4.79 Å². The summed E-state index contributed by atoms with van der Waals surface area (Å²) in [4.78, 5) is 29.4. The molecule has 31 heavy (non-hydrogen) atoms. The van der Waals surface area contributed by atoms with E-state index in [9.17, 15) is 22.8 Å². The number of aliphatic imine (C=N–C) groups is 1. The molecule has 8 heteroatoms. The summed E-state index contributed by atoms with van der Waals surface area (Å²) in [6.07, 6.45) is -3.31. The summed E-state index contributed by atoms with van der Waals surface area (Å²) in [5, 5.41) is 9.02. The summed E-state index contributed by atoms with van der Waals surface area (Å²) < 4.78 is 44.1. The standard InChI is InChI=1S/C23H17F3N2O3/c1-13-20(14(2)29)21(16-8-6-15(11-27)7-9-16)19(12-28-13)22(30)31-18-5-3-4-17(10-18)23(24,25)26/h3-10,12,20-21H,1-2H3. The third-order valence-corrected chi connectivity index (χ3v) is 4.97. The first-order valence-corrected chi connectivity index (χ1v) is 9.26. The number of nitrogens with zero attached hydrogens (tertiary/aromatic N) is 2. The van der Waals surface area contributed by atoms with Crippen molar-refractivity contribution >= 4 is 17.5 Å². The molecule has 2 aromatic carbocycles. The number of benzene rings is 2. The molecule has 3 rings (SSSR count). The number of hydrogen-bond acceptors (Lipinski definition) is 5. The van der Waals surface area contributed by atoms with Gasteiger partial charge in [-0.3, -0.25) is 9.79 Å². The number of hydrogen-bond donors (Lipinski definition) is 0. The summed E-state index contributed by atoms with van der Waals surface area (Å²) in [7, 11) is 0. The molecule has 5 nitrogen and oxygen atoms in total. The van der Waals surface area contributed by atoms with E-state index in [1.807, 2.05) is 6.07 Å². The van der Waals surface area contributed by atoms with Crippen LogP contribution >= 0.6 is 0 Å². The van der Waals surface area contributed by atoms with E-state index in [0.29, 0.717) is 16.8 Å². The van der Waals surface area contributed by atoms with Crippen molar-refractivity contribution in [1.82, 2.24) is 0 Å². The molecule has 1 aliphatic heterocycles. The molecule has 0 saturated carbocycles. The van der Waals surface area contributed by atoms with Crippen molar-refractivity contribution in [1.29, 1.82) is 5.26 Å². The minimum absolute atomic E-state index is 0.0351. The Hall–Kier alpha value is -3.73. The monoisotopic (exact) mass is 426 g/mol. The molecule has 1 heterocycles. The summed E-state index contributed by atoms with van der Waals surface area (Å²) in [6, 6.07) is 12.4. The summed E-state index contributed by atoms with van der Waals surface area (Å²) in [5.41, 5.74) is 0.571. The van der Waals surface area contributed by atoms with Crippen molar-refractivity contribution in [2.75, 3.05) is 0 Å². The highest BCUT2D eigenvalue weighted by molar-refractivity contribution is 6.08. The molecule has 0 aliphatic carbocycles. The van der Waals surface area contributed by atoms with Crippen LogP contribution in [0.15, 0.2) is 65.3 Å². The lowest BCUT2D eigenvalue weighted by atomic mass is 9.75. The molecule has 2 atom stereocenters. The van der Waals surface area contributed by atoms with Crippen LogP contribution in [0.1, 0.15) is 36.5 Å². The second-order valence-corrected chi connectivity index (χ2v) is 7.07. The Bertz CT molecular complexity index is 1130. The largest absolute Gasteiger partial charge is 0.423 e. The fourth-order valence-electron chi connectivity index (χ4n) is 3.50. The Morgan fingerprint density at radius 3 is 2.39 bits per heavy atom. The van der Waals surface area contributed by atoms with Gasteiger partial charge in [0.15, 0.2) is 0 Å².